The normalized spacial score (nSPS) is 31.1. The number of halogens is 1. The second-order valence-corrected chi connectivity index (χ2v) is 9.63. The van der Waals surface area contributed by atoms with Crippen molar-refractivity contribution in [2.75, 3.05) is 0 Å². The smallest absolute Gasteiger partial charge is 0.261 e. The van der Waals surface area contributed by atoms with Gasteiger partial charge >= 0.3 is 0 Å². The SMILES string of the molecule is O=C(NC12CC3CC(CC(C3)C1)C2)c1cc(COc2ccc(F)cc2)cs1. The molecule has 0 atom stereocenters. The van der Waals surface area contributed by atoms with E-state index in [0.717, 1.165) is 47.5 Å². The van der Waals surface area contributed by atoms with E-state index in [2.05, 4.69) is 5.32 Å². The van der Waals surface area contributed by atoms with E-state index in [9.17, 15) is 9.18 Å². The Labute approximate surface area is 162 Å². The Bertz CT molecular complexity index is 809. The van der Waals surface area contributed by atoms with E-state index in [1.807, 2.05) is 11.4 Å². The van der Waals surface area contributed by atoms with Gasteiger partial charge in [0.1, 0.15) is 18.2 Å². The number of nitrogens with one attached hydrogen (secondary N) is 1. The zero-order chi connectivity index (χ0) is 18.4. The van der Waals surface area contributed by atoms with Gasteiger partial charge in [-0.05, 0) is 92.0 Å². The standard InChI is InChI=1S/C22H24FNO2S/c23-18-1-3-19(4-2-18)26-12-17-8-20(27-13-17)21(25)24-22-9-14-5-15(10-22)7-16(6-14)11-22/h1-4,8,13-16H,5-7,9-12H2,(H,24,25). The molecular weight excluding hydrogens is 361 g/mol. The van der Waals surface area contributed by atoms with Crippen LogP contribution in [0.15, 0.2) is 35.7 Å². The summed E-state index contributed by atoms with van der Waals surface area (Å²) in [5, 5.41) is 5.39. The molecule has 142 valence electrons. The molecule has 4 aliphatic carbocycles. The molecule has 0 radical (unpaired) electrons. The number of carbonyl (C=O) groups is 1. The molecule has 0 aliphatic heterocycles. The van der Waals surface area contributed by atoms with Crippen LogP contribution in [0, 0.1) is 23.6 Å². The van der Waals surface area contributed by atoms with Gasteiger partial charge in [-0.25, -0.2) is 4.39 Å². The summed E-state index contributed by atoms with van der Waals surface area (Å²) in [4.78, 5) is 13.6. The third kappa shape index (κ3) is 3.49. The number of hydrogen-bond acceptors (Lipinski definition) is 3. The summed E-state index contributed by atoms with van der Waals surface area (Å²) in [6, 6.07) is 7.91. The Morgan fingerprint density at radius 1 is 1.11 bits per heavy atom. The van der Waals surface area contributed by atoms with Crippen LogP contribution in [-0.4, -0.2) is 11.4 Å². The average Bonchev–Trinajstić information content (AvgIpc) is 3.09. The maximum Gasteiger partial charge on any atom is 0.261 e. The van der Waals surface area contributed by atoms with Crippen molar-refractivity contribution in [3.8, 4) is 5.75 Å². The van der Waals surface area contributed by atoms with E-state index in [0.29, 0.717) is 12.4 Å². The number of hydrogen-bond donors (Lipinski definition) is 1. The molecule has 1 heterocycles. The highest BCUT2D eigenvalue weighted by atomic mass is 32.1. The average molecular weight is 386 g/mol. The lowest BCUT2D eigenvalue weighted by atomic mass is 9.53. The molecule has 4 fully saturated rings. The molecule has 1 aromatic heterocycles. The summed E-state index contributed by atoms with van der Waals surface area (Å²) in [5.74, 6) is 2.87. The molecule has 27 heavy (non-hydrogen) atoms. The van der Waals surface area contributed by atoms with E-state index < -0.39 is 0 Å². The molecule has 6 rings (SSSR count). The first-order valence-electron chi connectivity index (χ1n) is 9.85. The van der Waals surface area contributed by atoms with Gasteiger partial charge < -0.3 is 10.1 Å². The Morgan fingerprint density at radius 2 is 1.74 bits per heavy atom. The lowest BCUT2D eigenvalue weighted by molar-refractivity contribution is -0.0166. The minimum Gasteiger partial charge on any atom is -0.489 e. The van der Waals surface area contributed by atoms with Crippen LogP contribution in [0.1, 0.15) is 53.8 Å². The van der Waals surface area contributed by atoms with Gasteiger partial charge in [0.2, 0.25) is 0 Å². The zero-order valence-corrected chi connectivity index (χ0v) is 16.1. The van der Waals surface area contributed by atoms with Gasteiger partial charge in [0.05, 0.1) is 4.88 Å². The maximum atomic E-state index is 13.0. The molecule has 0 saturated heterocycles. The van der Waals surface area contributed by atoms with E-state index in [1.54, 1.807) is 12.1 Å². The Balaban J connectivity index is 1.22. The van der Waals surface area contributed by atoms with Crippen LogP contribution in [0.25, 0.3) is 0 Å². The fourth-order valence-electron chi connectivity index (χ4n) is 5.83. The molecule has 0 spiro atoms. The fraction of sp³-hybridized carbons (Fsp3) is 0.500. The van der Waals surface area contributed by atoms with Crippen molar-refractivity contribution in [2.45, 2.75) is 50.7 Å². The molecule has 1 aromatic carbocycles. The van der Waals surface area contributed by atoms with Gasteiger partial charge in [-0.3, -0.25) is 4.79 Å². The summed E-state index contributed by atoms with van der Waals surface area (Å²) in [7, 11) is 0. The van der Waals surface area contributed by atoms with Gasteiger partial charge in [-0.2, -0.15) is 0 Å². The van der Waals surface area contributed by atoms with Crippen molar-refractivity contribution in [2.24, 2.45) is 17.8 Å². The van der Waals surface area contributed by atoms with E-state index >= 15 is 0 Å². The number of amides is 1. The Kier molecular flexibility index (Phi) is 4.23. The second-order valence-electron chi connectivity index (χ2n) is 8.71. The third-order valence-corrected chi connectivity index (χ3v) is 7.49. The van der Waals surface area contributed by atoms with Crippen LogP contribution in [-0.2, 0) is 6.61 Å². The van der Waals surface area contributed by atoms with Crippen LogP contribution < -0.4 is 10.1 Å². The van der Waals surface area contributed by atoms with Crippen molar-refractivity contribution >= 4 is 17.2 Å². The molecule has 4 aliphatic rings. The number of benzene rings is 1. The van der Waals surface area contributed by atoms with Crippen LogP contribution in [0.5, 0.6) is 5.75 Å². The van der Waals surface area contributed by atoms with Crippen molar-refractivity contribution in [1.82, 2.24) is 5.32 Å². The summed E-state index contributed by atoms with van der Waals surface area (Å²) in [6.45, 7) is 0.382. The maximum absolute atomic E-state index is 13.0. The molecule has 5 heteroatoms. The summed E-state index contributed by atoms with van der Waals surface area (Å²) >= 11 is 1.47. The number of thiophene rings is 1. The van der Waals surface area contributed by atoms with Gasteiger partial charge in [0.25, 0.3) is 5.91 Å². The zero-order valence-electron chi connectivity index (χ0n) is 15.2. The summed E-state index contributed by atoms with van der Waals surface area (Å²) in [6.07, 6.45) is 7.61. The highest BCUT2D eigenvalue weighted by Gasteiger charge is 2.51. The van der Waals surface area contributed by atoms with Crippen molar-refractivity contribution in [3.05, 3.63) is 52.0 Å². The quantitative estimate of drug-likeness (QED) is 0.772. The van der Waals surface area contributed by atoms with Gasteiger partial charge in [-0.1, -0.05) is 0 Å². The monoisotopic (exact) mass is 385 g/mol. The number of carbonyl (C=O) groups excluding carboxylic acids is 1. The Morgan fingerprint density at radius 3 is 2.37 bits per heavy atom. The van der Waals surface area contributed by atoms with Crippen molar-refractivity contribution in [3.63, 3.8) is 0 Å². The molecule has 3 nitrogen and oxygen atoms in total. The summed E-state index contributed by atoms with van der Waals surface area (Å²) < 4.78 is 18.6. The predicted molar refractivity (Wildman–Crippen MR) is 103 cm³/mol. The van der Waals surface area contributed by atoms with Gasteiger partial charge in [0, 0.05) is 11.1 Å². The first kappa shape index (κ1) is 17.2. The summed E-state index contributed by atoms with van der Waals surface area (Å²) in [5.41, 5.74) is 1.01. The van der Waals surface area contributed by atoms with Crippen molar-refractivity contribution < 1.29 is 13.9 Å². The van der Waals surface area contributed by atoms with Crippen LogP contribution in [0.2, 0.25) is 0 Å². The second kappa shape index (κ2) is 6.62. The molecule has 1 amide bonds. The Hall–Kier alpha value is -1.88. The van der Waals surface area contributed by atoms with Gasteiger partial charge in [-0.15, -0.1) is 11.3 Å². The predicted octanol–water partition coefficient (Wildman–Crippen LogP) is 5.16. The molecule has 0 unspecified atom stereocenters. The molecule has 4 saturated carbocycles. The number of ether oxygens (including phenoxy) is 1. The van der Waals surface area contributed by atoms with E-state index in [1.165, 1.54) is 42.7 Å². The molecule has 2 aromatic rings. The van der Waals surface area contributed by atoms with Crippen LogP contribution in [0.4, 0.5) is 4.39 Å². The van der Waals surface area contributed by atoms with Crippen molar-refractivity contribution in [1.29, 1.82) is 0 Å². The number of rotatable bonds is 5. The van der Waals surface area contributed by atoms with E-state index in [-0.39, 0.29) is 17.3 Å². The highest BCUT2D eigenvalue weighted by molar-refractivity contribution is 7.12. The molecular formula is C22H24FNO2S. The fourth-order valence-corrected chi connectivity index (χ4v) is 6.63. The highest BCUT2D eigenvalue weighted by Crippen LogP contribution is 2.55. The molecule has 1 N–H and O–H groups in total. The van der Waals surface area contributed by atoms with Crippen LogP contribution in [0.3, 0.4) is 0 Å². The first-order valence-corrected chi connectivity index (χ1v) is 10.7. The lowest BCUT2D eigenvalue weighted by Gasteiger charge is -2.56. The third-order valence-electron chi connectivity index (χ3n) is 6.51. The minimum absolute atomic E-state index is 0.0423. The molecule has 4 bridgehead atoms. The lowest BCUT2D eigenvalue weighted by Crippen LogP contribution is -2.59. The first-order chi connectivity index (χ1) is 13.1. The minimum atomic E-state index is -0.276. The van der Waals surface area contributed by atoms with Gasteiger partial charge in [0.15, 0.2) is 0 Å². The van der Waals surface area contributed by atoms with Crippen LogP contribution >= 0.6 is 11.3 Å². The largest absolute Gasteiger partial charge is 0.489 e. The topological polar surface area (TPSA) is 38.3 Å². The van der Waals surface area contributed by atoms with E-state index in [4.69, 9.17) is 4.74 Å².